The summed E-state index contributed by atoms with van der Waals surface area (Å²) in [6.45, 7) is 0.898. The summed E-state index contributed by atoms with van der Waals surface area (Å²) < 4.78 is 45.1. The number of hydrogen-bond donors (Lipinski definition) is 1. The topological polar surface area (TPSA) is 128 Å². The summed E-state index contributed by atoms with van der Waals surface area (Å²) in [5.41, 5.74) is 1.89. The number of piperidine rings is 1. The molecule has 4 aromatic rings. The Morgan fingerprint density at radius 3 is 2.81 bits per heavy atom. The van der Waals surface area contributed by atoms with E-state index in [-0.39, 0.29) is 52.4 Å². The Morgan fingerprint density at radius 2 is 2.02 bits per heavy atom. The Labute approximate surface area is 274 Å². The summed E-state index contributed by atoms with van der Waals surface area (Å²) in [6, 6.07) is 5.83. The van der Waals surface area contributed by atoms with Gasteiger partial charge in [0.25, 0.3) is 0 Å². The molecule has 250 valence electrons. The predicted molar refractivity (Wildman–Crippen MR) is 168 cm³/mol. The standard InChI is InChI=1S/C31H35ClF2N8O5/c1-45-30(44)20-5-10-41(22(15-20)6-9-39-11-13-46-14-12-39)27(43)19-40-18-25(37-24-17-36-42-8-2-7-35-29(24)42)28(38-40)23-16-21(32)3-4-26(23)47-31(33)34/h2-4,7-8,16-18,20,22,31,37H,5-6,9-15,19H2,1H3. The molecule has 2 saturated heterocycles. The molecular weight excluding hydrogens is 638 g/mol. The van der Waals surface area contributed by atoms with Gasteiger partial charge in [0, 0.05) is 61.4 Å². The molecule has 0 radical (unpaired) electrons. The van der Waals surface area contributed by atoms with Crippen molar-refractivity contribution in [3.8, 4) is 17.0 Å². The van der Waals surface area contributed by atoms with Crippen molar-refractivity contribution in [2.75, 3.05) is 51.8 Å². The van der Waals surface area contributed by atoms with Crippen molar-refractivity contribution in [2.45, 2.75) is 38.5 Å². The van der Waals surface area contributed by atoms with Crippen LogP contribution in [0.5, 0.6) is 5.75 Å². The SMILES string of the molecule is COC(=O)C1CCN(C(=O)Cn2cc(Nc3cnn4cccnc34)c(-c3cc(Cl)ccc3OC(F)F)n2)C(CCN2CCOCC2)C1. The predicted octanol–water partition coefficient (Wildman–Crippen LogP) is 4.09. The average molecular weight is 673 g/mol. The number of hydrogen-bond acceptors (Lipinski definition) is 10. The normalized spacial score (nSPS) is 18.9. The van der Waals surface area contributed by atoms with Crippen molar-refractivity contribution in [2.24, 2.45) is 5.92 Å². The number of methoxy groups -OCH3 is 1. The Balaban J connectivity index is 1.29. The minimum atomic E-state index is -3.08. The highest BCUT2D eigenvalue weighted by Gasteiger charge is 2.35. The van der Waals surface area contributed by atoms with Crippen molar-refractivity contribution >= 4 is 40.5 Å². The Morgan fingerprint density at radius 1 is 1.19 bits per heavy atom. The molecule has 2 aliphatic heterocycles. The number of amides is 1. The number of rotatable bonds is 11. The third-order valence-corrected chi connectivity index (χ3v) is 8.71. The van der Waals surface area contributed by atoms with Gasteiger partial charge in [-0.15, -0.1) is 0 Å². The van der Waals surface area contributed by atoms with Crippen molar-refractivity contribution < 1.29 is 32.6 Å². The van der Waals surface area contributed by atoms with Crippen molar-refractivity contribution in [3.63, 3.8) is 0 Å². The molecule has 13 nitrogen and oxygen atoms in total. The molecule has 2 aliphatic rings. The van der Waals surface area contributed by atoms with E-state index in [0.717, 1.165) is 19.6 Å². The van der Waals surface area contributed by atoms with E-state index in [0.29, 0.717) is 56.0 Å². The van der Waals surface area contributed by atoms with E-state index < -0.39 is 6.61 Å². The molecule has 6 rings (SSSR count). The van der Waals surface area contributed by atoms with Gasteiger partial charge in [0.1, 0.15) is 23.7 Å². The molecule has 0 bridgehead atoms. The number of likely N-dealkylation sites (tertiary alicyclic amines) is 1. The van der Waals surface area contributed by atoms with Crippen molar-refractivity contribution in [3.05, 3.63) is 54.1 Å². The highest BCUT2D eigenvalue weighted by Crippen LogP contribution is 2.38. The number of carbonyl (C=O) groups is 2. The molecule has 0 aliphatic carbocycles. The second kappa shape index (κ2) is 14.6. The van der Waals surface area contributed by atoms with Crippen LogP contribution < -0.4 is 10.1 Å². The van der Waals surface area contributed by atoms with Gasteiger partial charge in [-0.1, -0.05) is 11.6 Å². The number of halogens is 3. The average Bonchev–Trinajstić information content (AvgIpc) is 3.68. The molecule has 2 unspecified atom stereocenters. The molecule has 3 aromatic heterocycles. The van der Waals surface area contributed by atoms with Gasteiger partial charge in [0.15, 0.2) is 5.65 Å². The van der Waals surface area contributed by atoms with Crippen LogP contribution in [-0.4, -0.2) is 105 Å². The molecular formula is C31H35ClF2N8O5. The quantitative estimate of drug-likeness (QED) is 0.233. The summed E-state index contributed by atoms with van der Waals surface area (Å²) >= 11 is 6.29. The Bertz CT molecular complexity index is 1710. The largest absolute Gasteiger partial charge is 0.469 e. The van der Waals surface area contributed by atoms with Gasteiger partial charge in [-0.25, -0.2) is 9.50 Å². The summed E-state index contributed by atoms with van der Waals surface area (Å²) in [5.74, 6) is -0.878. The number of carbonyl (C=O) groups excluding carboxylic acids is 2. The zero-order valence-electron chi connectivity index (χ0n) is 25.7. The highest BCUT2D eigenvalue weighted by atomic mass is 35.5. The lowest BCUT2D eigenvalue weighted by atomic mass is 9.89. The maximum atomic E-state index is 13.9. The van der Waals surface area contributed by atoms with E-state index in [2.05, 4.69) is 25.4 Å². The molecule has 5 heterocycles. The van der Waals surface area contributed by atoms with Crippen molar-refractivity contribution in [1.82, 2.24) is 34.2 Å². The van der Waals surface area contributed by atoms with Crippen LogP contribution in [0.1, 0.15) is 19.3 Å². The van der Waals surface area contributed by atoms with Gasteiger partial charge in [-0.05, 0) is 43.5 Å². The van der Waals surface area contributed by atoms with E-state index in [1.54, 1.807) is 35.4 Å². The summed E-state index contributed by atoms with van der Waals surface area (Å²) in [6.07, 6.45) is 8.23. The number of esters is 1. The molecule has 47 heavy (non-hydrogen) atoms. The third-order valence-electron chi connectivity index (χ3n) is 8.47. The number of fused-ring (bicyclic) bond motifs is 1. The molecule has 16 heteroatoms. The number of anilines is 2. The molecule has 1 N–H and O–H groups in total. The maximum Gasteiger partial charge on any atom is 0.387 e. The monoisotopic (exact) mass is 672 g/mol. The maximum absolute atomic E-state index is 13.9. The van der Waals surface area contributed by atoms with Crippen LogP contribution in [0.3, 0.4) is 0 Å². The van der Waals surface area contributed by atoms with Crippen LogP contribution in [0.25, 0.3) is 16.9 Å². The highest BCUT2D eigenvalue weighted by molar-refractivity contribution is 6.31. The molecule has 2 atom stereocenters. The summed E-state index contributed by atoms with van der Waals surface area (Å²) in [5, 5.41) is 12.5. The van der Waals surface area contributed by atoms with Gasteiger partial charge in [-0.3, -0.25) is 19.2 Å². The van der Waals surface area contributed by atoms with Crippen LogP contribution in [0.4, 0.5) is 20.2 Å². The second-order valence-electron chi connectivity index (χ2n) is 11.4. The number of alkyl halides is 2. The van der Waals surface area contributed by atoms with Gasteiger partial charge in [0.05, 0.1) is 38.1 Å². The molecule has 2 fully saturated rings. The Hall–Kier alpha value is -4.34. The summed E-state index contributed by atoms with van der Waals surface area (Å²) in [4.78, 5) is 34.8. The first-order chi connectivity index (χ1) is 22.8. The van der Waals surface area contributed by atoms with E-state index in [1.807, 2.05) is 4.90 Å². The number of ether oxygens (including phenoxy) is 3. The van der Waals surface area contributed by atoms with Crippen LogP contribution in [0.15, 0.2) is 49.1 Å². The fraction of sp³-hybridized carbons (Fsp3) is 0.452. The van der Waals surface area contributed by atoms with E-state index in [4.69, 9.17) is 25.8 Å². The summed E-state index contributed by atoms with van der Waals surface area (Å²) in [7, 11) is 1.38. The minimum absolute atomic E-state index is 0.130. The fourth-order valence-corrected chi connectivity index (χ4v) is 6.33. The lowest BCUT2D eigenvalue weighted by Crippen LogP contribution is -2.50. The van der Waals surface area contributed by atoms with Gasteiger partial charge in [0.2, 0.25) is 5.91 Å². The van der Waals surface area contributed by atoms with E-state index in [1.165, 1.54) is 30.0 Å². The van der Waals surface area contributed by atoms with Gasteiger partial charge < -0.3 is 24.4 Å². The van der Waals surface area contributed by atoms with Crippen LogP contribution >= 0.6 is 11.6 Å². The first kappa shape index (κ1) is 32.6. The lowest BCUT2D eigenvalue weighted by Gasteiger charge is -2.40. The number of nitrogens with one attached hydrogen (secondary N) is 1. The smallest absolute Gasteiger partial charge is 0.387 e. The van der Waals surface area contributed by atoms with E-state index >= 15 is 0 Å². The molecule has 0 spiro atoms. The first-order valence-corrected chi connectivity index (χ1v) is 15.7. The lowest BCUT2D eigenvalue weighted by molar-refractivity contribution is -0.151. The minimum Gasteiger partial charge on any atom is -0.469 e. The van der Waals surface area contributed by atoms with Crippen LogP contribution in [0.2, 0.25) is 5.02 Å². The first-order valence-electron chi connectivity index (χ1n) is 15.3. The zero-order valence-corrected chi connectivity index (χ0v) is 26.5. The molecule has 1 amide bonds. The van der Waals surface area contributed by atoms with Crippen LogP contribution in [0, 0.1) is 5.92 Å². The molecule has 0 saturated carbocycles. The number of benzene rings is 1. The fourth-order valence-electron chi connectivity index (χ4n) is 6.16. The number of nitrogens with zero attached hydrogens (tertiary/aromatic N) is 7. The van der Waals surface area contributed by atoms with Gasteiger partial charge >= 0.3 is 12.6 Å². The number of morpholine rings is 1. The van der Waals surface area contributed by atoms with Crippen LogP contribution in [-0.2, 0) is 25.6 Å². The Kier molecular flexibility index (Phi) is 10.1. The number of aromatic nitrogens is 5. The third kappa shape index (κ3) is 7.63. The van der Waals surface area contributed by atoms with Crippen molar-refractivity contribution in [1.29, 1.82) is 0 Å². The van der Waals surface area contributed by atoms with E-state index in [9.17, 15) is 18.4 Å². The van der Waals surface area contributed by atoms with Gasteiger partial charge in [-0.2, -0.15) is 19.0 Å². The molecule has 1 aromatic carbocycles. The zero-order chi connectivity index (χ0) is 32.9. The second-order valence-corrected chi connectivity index (χ2v) is 11.8.